The van der Waals surface area contributed by atoms with Gasteiger partial charge < -0.3 is 19.6 Å². The van der Waals surface area contributed by atoms with Crippen LogP contribution in [0.2, 0.25) is 0 Å². The van der Waals surface area contributed by atoms with Gasteiger partial charge in [-0.25, -0.2) is 4.79 Å². The fourth-order valence-corrected chi connectivity index (χ4v) is 1.52. The summed E-state index contributed by atoms with van der Waals surface area (Å²) in [4.78, 5) is 10.7. The van der Waals surface area contributed by atoms with E-state index < -0.39 is 5.97 Å². The van der Waals surface area contributed by atoms with Crippen LogP contribution in [0.15, 0.2) is 40.8 Å². The molecule has 19 heavy (non-hydrogen) atoms. The van der Waals surface area contributed by atoms with Crippen LogP contribution in [-0.2, 0) is 0 Å². The monoisotopic (exact) mass is 261 g/mol. The second-order valence-corrected chi connectivity index (χ2v) is 3.97. The van der Waals surface area contributed by atoms with E-state index in [1.165, 1.54) is 6.07 Å². The van der Waals surface area contributed by atoms with Crippen LogP contribution in [0.25, 0.3) is 0 Å². The van der Waals surface area contributed by atoms with Crippen LogP contribution < -0.4 is 10.1 Å². The van der Waals surface area contributed by atoms with E-state index in [-0.39, 0.29) is 5.76 Å². The number of hydrogen-bond donors (Lipinski definition) is 2. The summed E-state index contributed by atoms with van der Waals surface area (Å²) in [5, 5.41) is 11.7. The number of ether oxygens (including phenoxy) is 1. The van der Waals surface area contributed by atoms with Crippen LogP contribution >= 0.6 is 0 Å². The first-order valence-electron chi connectivity index (χ1n) is 6.02. The maximum Gasteiger partial charge on any atom is 0.371 e. The molecular weight excluding hydrogens is 246 g/mol. The smallest absolute Gasteiger partial charge is 0.371 e. The summed E-state index contributed by atoms with van der Waals surface area (Å²) in [6.45, 7) is 2.74. The Morgan fingerprint density at radius 2 is 2.00 bits per heavy atom. The molecule has 5 heteroatoms. The molecule has 0 aliphatic heterocycles. The lowest BCUT2D eigenvalue weighted by atomic mass is 10.3. The molecule has 0 amide bonds. The fraction of sp³-hybridized carbons (Fsp3) is 0.214. The van der Waals surface area contributed by atoms with Crippen molar-refractivity contribution in [1.29, 1.82) is 0 Å². The Kier molecular flexibility index (Phi) is 4.07. The molecule has 100 valence electrons. The summed E-state index contributed by atoms with van der Waals surface area (Å²) in [5.41, 5.74) is 0.801. The molecular formula is C14H15NO4. The van der Waals surface area contributed by atoms with E-state index in [9.17, 15) is 4.79 Å². The molecule has 0 bridgehead atoms. The molecule has 0 aliphatic carbocycles. The maximum absolute atomic E-state index is 10.7. The van der Waals surface area contributed by atoms with E-state index in [0.717, 1.165) is 17.9 Å². The Hall–Kier alpha value is -2.43. The Bertz CT molecular complexity index is 545. The van der Waals surface area contributed by atoms with E-state index in [0.29, 0.717) is 12.5 Å². The zero-order chi connectivity index (χ0) is 13.7. The van der Waals surface area contributed by atoms with Crippen molar-refractivity contribution in [3.8, 4) is 5.75 Å². The predicted octanol–water partition coefficient (Wildman–Crippen LogP) is 3.51. The minimum Gasteiger partial charge on any atom is -0.494 e. The van der Waals surface area contributed by atoms with E-state index >= 15 is 0 Å². The third kappa shape index (κ3) is 3.51. The molecule has 2 N–H and O–H groups in total. The summed E-state index contributed by atoms with van der Waals surface area (Å²) in [7, 11) is 0. The van der Waals surface area contributed by atoms with Gasteiger partial charge in [-0.05, 0) is 36.8 Å². The molecule has 0 spiro atoms. The highest BCUT2D eigenvalue weighted by molar-refractivity contribution is 5.85. The highest BCUT2D eigenvalue weighted by Crippen LogP contribution is 2.21. The first-order chi connectivity index (χ1) is 9.19. The van der Waals surface area contributed by atoms with Gasteiger partial charge in [0.05, 0.1) is 6.61 Å². The fourth-order valence-electron chi connectivity index (χ4n) is 1.52. The number of carboxylic acids is 1. The lowest BCUT2D eigenvalue weighted by Crippen LogP contribution is -1.95. The molecule has 2 aromatic rings. The van der Waals surface area contributed by atoms with Crippen LogP contribution in [0.1, 0.15) is 23.9 Å². The SMILES string of the molecule is CCCOc1ccc(Nc2ccc(C(=O)O)o2)cc1. The van der Waals surface area contributed by atoms with Gasteiger partial charge in [-0.3, -0.25) is 0 Å². The zero-order valence-electron chi connectivity index (χ0n) is 10.6. The Labute approximate surface area is 110 Å². The second-order valence-electron chi connectivity index (χ2n) is 3.97. The number of carbonyl (C=O) groups is 1. The van der Waals surface area contributed by atoms with Crippen molar-refractivity contribution in [2.24, 2.45) is 0 Å². The first-order valence-corrected chi connectivity index (χ1v) is 6.02. The standard InChI is InChI=1S/C14H15NO4/c1-2-9-18-11-5-3-10(4-6-11)15-13-8-7-12(19-13)14(16)17/h3-8,15H,2,9H2,1H3,(H,16,17). The van der Waals surface area contributed by atoms with E-state index in [2.05, 4.69) is 5.32 Å². The lowest BCUT2D eigenvalue weighted by molar-refractivity contribution is 0.0663. The van der Waals surface area contributed by atoms with Crippen LogP contribution in [-0.4, -0.2) is 17.7 Å². The Morgan fingerprint density at radius 1 is 1.26 bits per heavy atom. The van der Waals surface area contributed by atoms with Crippen molar-refractivity contribution in [3.63, 3.8) is 0 Å². The maximum atomic E-state index is 10.7. The molecule has 0 saturated carbocycles. The molecule has 1 aromatic carbocycles. The highest BCUT2D eigenvalue weighted by Gasteiger charge is 2.08. The topological polar surface area (TPSA) is 71.7 Å². The van der Waals surface area contributed by atoms with Crippen molar-refractivity contribution in [1.82, 2.24) is 0 Å². The minimum absolute atomic E-state index is 0.0922. The van der Waals surface area contributed by atoms with Gasteiger partial charge >= 0.3 is 5.97 Å². The van der Waals surface area contributed by atoms with Gasteiger partial charge in [-0.1, -0.05) is 6.92 Å². The van der Waals surface area contributed by atoms with Gasteiger partial charge in [0.25, 0.3) is 0 Å². The molecule has 0 unspecified atom stereocenters. The van der Waals surface area contributed by atoms with Crippen molar-refractivity contribution in [3.05, 3.63) is 42.2 Å². The summed E-state index contributed by atoms with van der Waals surface area (Å²) >= 11 is 0. The molecule has 0 radical (unpaired) electrons. The van der Waals surface area contributed by atoms with Crippen molar-refractivity contribution >= 4 is 17.5 Å². The number of aromatic carboxylic acids is 1. The van der Waals surface area contributed by atoms with Gasteiger partial charge in [0.15, 0.2) is 5.88 Å². The summed E-state index contributed by atoms with van der Waals surface area (Å²) < 4.78 is 10.6. The quantitative estimate of drug-likeness (QED) is 0.832. The number of benzene rings is 1. The van der Waals surface area contributed by atoms with Crippen LogP contribution in [0.4, 0.5) is 11.6 Å². The number of nitrogens with one attached hydrogen (secondary N) is 1. The number of rotatable bonds is 6. The van der Waals surface area contributed by atoms with Gasteiger partial charge in [-0.15, -0.1) is 0 Å². The average Bonchev–Trinajstić information content (AvgIpc) is 2.87. The number of hydrogen-bond acceptors (Lipinski definition) is 4. The summed E-state index contributed by atoms with van der Waals surface area (Å²) in [6, 6.07) is 10.4. The van der Waals surface area contributed by atoms with Gasteiger partial charge in [0.2, 0.25) is 5.76 Å². The summed E-state index contributed by atoms with van der Waals surface area (Å²) in [6.07, 6.45) is 0.963. The molecule has 0 saturated heterocycles. The van der Waals surface area contributed by atoms with Crippen LogP contribution in [0, 0.1) is 0 Å². The molecule has 0 aliphatic rings. The number of furan rings is 1. The Balaban J connectivity index is 2.00. The van der Waals surface area contributed by atoms with Crippen LogP contribution in [0.3, 0.4) is 0 Å². The van der Waals surface area contributed by atoms with E-state index in [1.54, 1.807) is 6.07 Å². The van der Waals surface area contributed by atoms with E-state index in [1.807, 2.05) is 31.2 Å². The summed E-state index contributed by atoms with van der Waals surface area (Å²) in [5.74, 6) is 0.0134. The Morgan fingerprint density at radius 3 is 2.58 bits per heavy atom. The molecule has 1 heterocycles. The first kappa shape index (κ1) is 13.0. The zero-order valence-corrected chi connectivity index (χ0v) is 10.6. The lowest BCUT2D eigenvalue weighted by Gasteiger charge is -2.06. The predicted molar refractivity (Wildman–Crippen MR) is 71.2 cm³/mol. The molecule has 0 atom stereocenters. The van der Waals surface area contributed by atoms with Gasteiger partial charge in [0, 0.05) is 11.8 Å². The molecule has 2 rings (SSSR count). The number of carboxylic acid groups (broad SMARTS) is 1. The second kappa shape index (κ2) is 5.95. The molecule has 5 nitrogen and oxygen atoms in total. The van der Waals surface area contributed by atoms with Crippen molar-refractivity contribution in [2.45, 2.75) is 13.3 Å². The van der Waals surface area contributed by atoms with Gasteiger partial charge in [-0.2, -0.15) is 0 Å². The third-order valence-corrected chi connectivity index (χ3v) is 2.41. The highest BCUT2D eigenvalue weighted by atomic mass is 16.5. The molecule has 1 aromatic heterocycles. The van der Waals surface area contributed by atoms with Crippen molar-refractivity contribution in [2.75, 3.05) is 11.9 Å². The largest absolute Gasteiger partial charge is 0.494 e. The average molecular weight is 261 g/mol. The third-order valence-electron chi connectivity index (χ3n) is 2.41. The minimum atomic E-state index is -1.09. The number of anilines is 2. The molecule has 0 fully saturated rings. The van der Waals surface area contributed by atoms with E-state index in [4.69, 9.17) is 14.3 Å². The van der Waals surface area contributed by atoms with Gasteiger partial charge in [0.1, 0.15) is 5.75 Å². The van der Waals surface area contributed by atoms with Crippen LogP contribution in [0.5, 0.6) is 5.75 Å². The normalized spacial score (nSPS) is 10.2. The van der Waals surface area contributed by atoms with Crippen molar-refractivity contribution < 1.29 is 19.1 Å².